The van der Waals surface area contributed by atoms with E-state index < -0.39 is 5.97 Å². The molecule has 1 aliphatic rings. The lowest BCUT2D eigenvalue weighted by molar-refractivity contribution is -0.133. The van der Waals surface area contributed by atoms with Crippen LogP contribution < -0.4 is 10.1 Å². The molecule has 0 atom stereocenters. The fraction of sp³-hybridized carbons (Fsp3) is 0.500. The summed E-state index contributed by atoms with van der Waals surface area (Å²) in [4.78, 5) is 18.9. The minimum Gasteiger partial charge on any atom is -0.477 e. The lowest BCUT2D eigenvalue weighted by atomic mass is 9.99. The summed E-state index contributed by atoms with van der Waals surface area (Å²) < 4.78 is 10.1. The molecule has 20 heavy (non-hydrogen) atoms. The molecule has 1 fully saturated rings. The van der Waals surface area contributed by atoms with Crippen LogP contribution in [0, 0.1) is 17.8 Å². The number of piperidine rings is 1. The fourth-order valence-corrected chi connectivity index (χ4v) is 1.90. The van der Waals surface area contributed by atoms with Gasteiger partial charge in [-0.1, -0.05) is 0 Å². The first-order valence-corrected chi connectivity index (χ1v) is 6.53. The highest BCUT2D eigenvalue weighted by Crippen LogP contribution is 2.14. The normalized spacial score (nSPS) is 15.1. The Balaban J connectivity index is 1.91. The van der Waals surface area contributed by atoms with Crippen LogP contribution in [-0.2, 0) is 9.53 Å². The van der Waals surface area contributed by atoms with E-state index in [2.05, 4.69) is 31.9 Å². The van der Waals surface area contributed by atoms with Crippen LogP contribution in [-0.4, -0.2) is 42.7 Å². The summed E-state index contributed by atoms with van der Waals surface area (Å²) in [6.45, 7) is 2.71. The minimum absolute atomic E-state index is 0.436. The molecule has 106 valence electrons. The Hall–Kier alpha value is -2.13. The largest absolute Gasteiger partial charge is 0.477 e. The van der Waals surface area contributed by atoms with Gasteiger partial charge in [-0.05, 0) is 37.8 Å². The highest BCUT2D eigenvalue weighted by atomic mass is 16.5. The van der Waals surface area contributed by atoms with Crippen molar-refractivity contribution in [2.45, 2.75) is 12.8 Å². The Kier molecular flexibility index (Phi) is 5.33. The second-order valence-corrected chi connectivity index (χ2v) is 4.49. The van der Waals surface area contributed by atoms with E-state index >= 15 is 0 Å². The van der Waals surface area contributed by atoms with E-state index in [1.165, 1.54) is 13.4 Å². The van der Waals surface area contributed by atoms with Gasteiger partial charge in [0, 0.05) is 12.0 Å². The van der Waals surface area contributed by atoms with Gasteiger partial charge in [0.15, 0.2) is 0 Å². The molecule has 1 saturated heterocycles. The zero-order chi connectivity index (χ0) is 14.2. The van der Waals surface area contributed by atoms with Crippen LogP contribution in [0.4, 0.5) is 0 Å². The summed E-state index contributed by atoms with van der Waals surface area (Å²) in [6.07, 6.45) is 3.60. The summed E-state index contributed by atoms with van der Waals surface area (Å²) in [5.41, 5.74) is 0.436. The summed E-state index contributed by atoms with van der Waals surface area (Å²) in [5, 5.41) is 3.31. The van der Waals surface area contributed by atoms with Crippen LogP contribution in [0.5, 0.6) is 5.88 Å². The van der Waals surface area contributed by atoms with E-state index in [1.807, 2.05) is 0 Å². The van der Waals surface area contributed by atoms with E-state index in [0.29, 0.717) is 24.1 Å². The maximum atomic E-state index is 10.9. The molecule has 0 amide bonds. The molecule has 6 nitrogen and oxygen atoms in total. The molecule has 6 heteroatoms. The predicted octanol–water partition coefficient (Wildman–Crippen LogP) is 0.379. The quantitative estimate of drug-likeness (QED) is 0.635. The number of methoxy groups -OCH3 is 1. The number of hydrogen-bond donors (Lipinski definition) is 1. The van der Waals surface area contributed by atoms with Crippen molar-refractivity contribution in [1.29, 1.82) is 0 Å². The molecule has 0 aromatic carbocycles. The molecule has 0 bridgehead atoms. The van der Waals surface area contributed by atoms with Gasteiger partial charge in [0.2, 0.25) is 5.88 Å². The van der Waals surface area contributed by atoms with Crippen LogP contribution in [0.25, 0.3) is 0 Å². The smallest absolute Gasteiger partial charge is 0.384 e. The van der Waals surface area contributed by atoms with Crippen LogP contribution >= 0.6 is 0 Å². The number of esters is 1. The Labute approximate surface area is 117 Å². The lowest BCUT2D eigenvalue weighted by Crippen LogP contribution is -2.30. The Morgan fingerprint density at radius 1 is 1.45 bits per heavy atom. The van der Waals surface area contributed by atoms with Crippen molar-refractivity contribution in [3.8, 4) is 17.7 Å². The second-order valence-electron chi connectivity index (χ2n) is 4.49. The van der Waals surface area contributed by atoms with Gasteiger partial charge in [-0.25, -0.2) is 14.8 Å². The third-order valence-electron chi connectivity index (χ3n) is 3.05. The molecule has 1 N–H and O–H groups in total. The van der Waals surface area contributed by atoms with Crippen molar-refractivity contribution in [2.75, 3.05) is 26.8 Å². The molecule has 0 radical (unpaired) electrons. The van der Waals surface area contributed by atoms with Gasteiger partial charge in [-0.2, -0.15) is 0 Å². The third kappa shape index (κ3) is 4.52. The first-order chi connectivity index (χ1) is 9.78. The van der Waals surface area contributed by atoms with Crippen LogP contribution in [0.2, 0.25) is 0 Å². The second kappa shape index (κ2) is 7.46. The number of rotatable bonds is 3. The number of hydrogen-bond acceptors (Lipinski definition) is 6. The number of carbonyl (C=O) groups is 1. The first kappa shape index (κ1) is 14.3. The van der Waals surface area contributed by atoms with Crippen molar-refractivity contribution >= 4 is 5.97 Å². The third-order valence-corrected chi connectivity index (χ3v) is 3.05. The van der Waals surface area contributed by atoms with Gasteiger partial charge >= 0.3 is 5.97 Å². The molecular formula is C14H17N3O3. The van der Waals surface area contributed by atoms with Gasteiger partial charge in [0.1, 0.15) is 12.0 Å². The summed E-state index contributed by atoms with van der Waals surface area (Å²) >= 11 is 0. The van der Waals surface area contributed by atoms with Crippen LogP contribution in [0.15, 0.2) is 12.4 Å². The highest BCUT2D eigenvalue weighted by Gasteiger charge is 2.13. The predicted molar refractivity (Wildman–Crippen MR) is 72.0 cm³/mol. The van der Waals surface area contributed by atoms with Gasteiger partial charge < -0.3 is 14.8 Å². The number of nitrogens with zero attached hydrogens (tertiary/aromatic N) is 2. The average Bonchev–Trinajstić information content (AvgIpc) is 2.52. The molecule has 1 aliphatic heterocycles. The zero-order valence-corrected chi connectivity index (χ0v) is 11.4. The van der Waals surface area contributed by atoms with Gasteiger partial charge in [-0.15, -0.1) is 0 Å². The zero-order valence-electron chi connectivity index (χ0n) is 11.4. The highest BCUT2D eigenvalue weighted by molar-refractivity contribution is 5.88. The first-order valence-electron chi connectivity index (χ1n) is 6.53. The van der Waals surface area contributed by atoms with Gasteiger partial charge in [-0.3, -0.25) is 0 Å². The number of ether oxygens (including phenoxy) is 2. The number of aromatic nitrogens is 2. The Morgan fingerprint density at radius 3 is 3.00 bits per heavy atom. The topological polar surface area (TPSA) is 73.3 Å². The van der Waals surface area contributed by atoms with Crippen LogP contribution in [0.1, 0.15) is 18.5 Å². The molecule has 1 aromatic rings. The summed E-state index contributed by atoms with van der Waals surface area (Å²) in [6, 6.07) is 1.62. The molecule has 1 aromatic heterocycles. The molecule has 2 heterocycles. The summed E-state index contributed by atoms with van der Waals surface area (Å²) in [7, 11) is 1.28. The monoisotopic (exact) mass is 275 g/mol. The maximum absolute atomic E-state index is 10.9. The Morgan fingerprint density at radius 2 is 2.25 bits per heavy atom. The fourth-order valence-electron chi connectivity index (χ4n) is 1.90. The SMILES string of the molecule is COC(=O)C#Cc1cc(OCC2CCNCC2)ncn1. The number of nitrogens with one attached hydrogen (secondary N) is 1. The minimum atomic E-state index is -0.596. The van der Waals surface area contributed by atoms with E-state index in [0.717, 1.165) is 25.9 Å². The maximum Gasteiger partial charge on any atom is 0.384 e. The number of carbonyl (C=O) groups excluding carboxylic acids is 1. The molecule has 2 rings (SSSR count). The van der Waals surface area contributed by atoms with Crippen molar-refractivity contribution in [2.24, 2.45) is 5.92 Å². The standard InChI is InChI=1S/C14H17N3O3/c1-19-14(18)3-2-12-8-13(17-10-16-12)20-9-11-4-6-15-7-5-11/h8,10-11,15H,4-7,9H2,1H3. The molecular weight excluding hydrogens is 258 g/mol. The van der Waals surface area contributed by atoms with Gasteiger partial charge in [0.25, 0.3) is 0 Å². The van der Waals surface area contributed by atoms with Crippen molar-refractivity contribution in [3.63, 3.8) is 0 Å². The molecule has 0 saturated carbocycles. The summed E-state index contributed by atoms with van der Waals surface area (Å²) in [5.74, 6) is 5.36. The van der Waals surface area contributed by atoms with E-state index in [9.17, 15) is 4.79 Å². The van der Waals surface area contributed by atoms with Crippen molar-refractivity contribution < 1.29 is 14.3 Å². The van der Waals surface area contributed by atoms with Crippen LogP contribution in [0.3, 0.4) is 0 Å². The van der Waals surface area contributed by atoms with E-state index in [-0.39, 0.29) is 0 Å². The lowest BCUT2D eigenvalue weighted by Gasteiger charge is -2.22. The van der Waals surface area contributed by atoms with E-state index in [4.69, 9.17) is 4.74 Å². The van der Waals surface area contributed by atoms with Gasteiger partial charge in [0.05, 0.1) is 13.7 Å². The molecule has 0 spiro atoms. The Bertz CT molecular complexity index is 516. The molecule has 0 aliphatic carbocycles. The van der Waals surface area contributed by atoms with Crippen molar-refractivity contribution in [1.82, 2.24) is 15.3 Å². The van der Waals surface area contributed by atoms with Crippen molar-refractivity contribution in [3.05, 3.63) is 18.1 Å². The van der Waals surface area contributed by atoms with E-state index in [1.54, 1.807) is 6.07 Å². The molecule has 0 unspecified atom stereocenters. The average molecular weight is 275 g/mol.